The summed E-state index contributed by atoms with van der Waals surface area (Å²) in [5.41, 5.74) is 1.14. The molecule has 8 heteroatoms. The van der Waals surface area contributed by atoms with E-state index in [2.05, 4.69) is 10.3 Å². The number of carbonyl (C=O) groups excluding carboxylic acids is 2. The van der Waals surface area contributed by atoms with E-state index in [1.165, 1.54) is 12.3 Å². The van der Waals surface area contributed by atoms with Crippen molar-refractivity contribution in [3.63, 3.8) is 0 Å². The molecule has 1 heterocycles. The second-order valence-corrected chi connectivity index (χ2v) is 8.80. The largest absolute Gasteiger partial charge is 0.444 e. The molecule has 0 aliphatic carbocycles. The third-order valence-corrected chi connectivity index (χ3v) is 4.94. The van der Waals surface area contributed by atoms with Gasteiger partial charge in [-0.1, -0.05) is 30.3 Å². The predicted octanol–water partition coefficient (Wildman–Crippen LogP) is 5.81. The number of aryl methyl sites for hydroxylation is 1. The fourth-order valence-electron chi connectivity index (χ4n) is 3.26. The highest BCUT2D eigenvalue weighted by Crippen LogP contribution is 2.24. The average Bonchev–Trinajstić information content (AvgIpc) is 3.25. The Morgan fingerprint density at radius 2 is 1.82 bits per heavy atom. The maximum atomic E-state index is 13.9. The predicted molar refractivity (Wildman–Crippen MR) is 128 cm³/mol. The molecule has 3 rings (SSSR count). The quantitative estimate of drug-likeness (QED) is 0.452. The molecular weight excluding hydrogens is 437 g/mol. The number of oxazole rings is 1. The fourth-order valence-corrected chi connectivity index (χ4v) is 3.26. The molecule has 0 saturated carbocycles. The van der Waals surface area contributed by atoms with Crippen molar-refractivity contribution in [3.8, 4) is 11.3 Å². The molecule has 0 fully saturated rings. The highest BCUT2D eigenvalue weighted by Gasteiger charge is 2.22. The molecule has 34 heavy (non-hydrogen) atoms. The number of halogens is 1. The van der Waals surface area contributed by atoms with E-state index in [-0.39, 0.29) is 18.7 Å². The van der Waals surface area contributed by atoms with Crippen LogP contribution >= 0.6 is 0 Å². The molecule has 0 atom stereocenters. The molecule has 0 aliphatic rings. The number of para-hydroxylation sites is 1. The molecule has 0 bridgehead atoms. The molecule has 1 N–H and O–H groups in total. The number of nitrogens with one attached hydrogen (secondary N) is 1. The van der Waals surface area contributed by atoms with Crippen molar-refractivity contribution < 1.29 is 23.1 Å². The first-order chi connectivity index (χ1) is 16.2. The maximum Gasteiger partial charge on any atom is 0.410 e. The molecular formula is C26H30FN3O4. The smallest absolute Gasteiger partial charge is 0.410 e. The van der Waals surface area contributed by atoms with Crippen molar-refractivity contribution in [3.05, 3.63) is 72.0 Å². The summed E-state index contributed by atoms with van der Waals surface area (Å²) in [6.07, 6.45) is 1.44. The number of amides is 2. The van der Waals surface area contributed by atoms with Crippen LogP contribution < -0.4 is 5.32 Å². The number of carbonyl (C=O) groups is 2. The summed E-state index contributed by atoms with van der Waals surface area (Å²) >= 11 is 0. The summed E-state index contributed by atoms with van der Waals surface area (Å²) in [6, 6.07) is 13.6. The van der Waals surface area contributed by atoms with Gasteiger partial charge in [-0.3, -0.25) is 4.79 Å². The molecule has 0 unspecified atom stereocenters. The molecule has 0 spiro atoms. The van der Waals surface area contributed by atoms with E-state index >= 15 is 0 Å². The Labute approximate surface area is 198 Å². The van der Waals surface area contributed by atoms with Crippen LogP contribution in [-0.2, 0) is 22.5 Å². The Hall–Kier alpha value is -3.68. The maximum absolute atomic E-state index is 13.9. The number of rotatable bonds is 8. The van der Waals surface area contributed by atoms with Crippen molar-refractivity contribution in [1.82, 2.24) is 9.88 Å². The summed E-state index contributed by atoms with van der Waals surface area (Å²) in [6.45, 7) is 8.09. The first-order valence-corrected chi connectivity index (χ1v) is 11.2. The molecule has 1 aromatic heterocycles. The Morgan fingerprint density at radius 1 is 1.12 bits per heavy atom. The van der Waals surface area contributed by atoms with Crippen LogP contribution in [0, 0.1) is 5.82 Å². The summed E-state index contributed by atoms with van der Waals surface area (Å²) in [7, 11) is 0. The second-order valence-electron chi connectivity index (χ2n) is 8.80. The number of anilines is 1. The SMILES string of the molecule is CCN(Cc1ccccc1NC(=O)CCc1ncc(-c2ccccc2F)o1)C(=O)OC(C)(C)C. The van der Waals surface area contributed by atoms with Crippen LogP contribution in [-0.4, -0.2) is 34.0 Å². The van der Waals surface area contributed by atoms with Gasteiger partial charge in [0.15, 0.2) is 11.7 Å². The van der Waals surface area contributed by atoms with Crippen molar-refractivity contribution in [1.29, 1.82) is 0 Å². The van der Waals surface area contributed by atoms with Crippen LogP contribution in [0.3, 0.4) is 0 Å². The van der Waals surface area contributed by atoms with E-state index in [9.17, 15) is 14.0 Å². The van der Waals surface area contributed by atoms with Crippen LogP contribution in [0.1, 0.15) is 45.6 Å². The zero-order valence-electron chi connectivity index (χ0n) is 19.9. The van der Waals surface area contributed by atoms with Gasteiger partial charge in [0.2, 0.25) is 5.91 Å². The molecule has 180 valence electrons. The lowest BCUT2D eigenvalue weighted by molar-refractivity contribution is -0.116. The summed E-state index contributed by atoms with van der Waals surface area (Å²) in [5, 5.41) is 2.90. The topological polar surface area (TPSA) is 84.7 Å². The summed E-state index contributed by atoms with van der Waals surface area (Å²) < 4.78 is 25.0. The summed E-state index contributed by atoms with van der Waals surface area (Å²) in [4.78, 5) is 30.8. The number of benzene rings is 2. The lowest BCUT2D eigenvalue weighted by Crippen LogP contribution is -2.36. The van der Waals surface area contributed by atoms with E-state index in [4.69, 9.17) is 9.15 Å². The second kappa shape index (κ2) is 11.0. The molecule has 2 amide bonds. The van der Waals surface area contributed by atoms with E-state index in [0.29, 0.717) is 36.0 Å². The highest BCUT2D eigenvalue weighted by molar-refractivity contribution is 5.91. The zero-order chi connectivity index (χ0) is 24.7. The van der Waals surface area contributed by atoms with Gasteiger partial charge in [-0.25, -0.2) is 14.2 Å². The van der Waals surface area contributed by atoms with E-state index in [0.717, 1.165) is 5.56 Å². The van der Waals surface area contributed by atoms with E-state index in [1.807, 2.05) is 45.9 Å². The normalized spacial score (nSPS) is 11.2. The molecule has 2 aromatic carbocycles. The van der Waals surface area contributed by atoms with Gasteiger partial charge in [0.05, 0.1) is 18.3 Å². The van der Waals surface area contributed by atoms with Crippen LogP contribution in [0.4, 0.5) is 14.9 Å². The minimum atomic E-state index is -0.593. The minimum absolute atomic E-state index is 0.134. The number of hydrogen-bond acceptors (Lipinski definition) is 5. The van der Waals surface area contributed by atoms with Gasteiger partial charge < -0.3 is 19.4 Å². The third-order valence-electron chi connectivity index (χ3n) is 4.94. The van der Waals surface area contributed by atoms with Gasteiger partial charge in [-0.15, -0.1) is 0 Å². The molecule has 0 radical (unpaired) electrons. The monoisotopic (exact) mass is 467 g/mol. The Balaban J connectivity index is 1.61. The van der Waals surface area contributed by atoms with Crippen LogP contribution in [0.15, 0.2) is 59.1 Å². The first kappa shape index (κ1) is 25.0. The van der Waals surface area contributed by atoms with Gasteiger partial charge in [0.25, 0.3) is 0 Å². The number of hydrogen-bond donors (Lipinski definition) is 1. The van der Waals surface area contributed by atoms with Crippen molar-refractivity contribution in [2.75, 3.05) is 11.9 Å². The van der Waals surface area contributed by atoms with Crippen molar-refractivity contribution >= 4 is 17.7 Å². The Morgan fingerprint density at radius 3 is 2.53 bits per heavy atom. The summed E-state index contributed by atoms with van der Waals surface area (Å²) in [5.74, 6) is 0.0508. The number of ether oxygens (including phenoxy) is 1. The fraction of sp³-hybridized carbons (Fsp3) is 0.346. The van der Waals surface area contributed by atoms with Crippen molar-refractivity contribution in [2.45, 2.75) is 52.7 Å². The first-order valence-electron chi connectivity index (χ1n) is 11.2. The average molecular weight is 468 g/mol. The Kier molecular flexibility index (Phi) is 8.04. The van der Waals surface area contributed by atoms with E-state index in [1.54, 1.807) is 29.2 Å². The van der Waals surface area contributed by atoms with E-state index < -0.39 is 17.5 Å². The lowest BCUT2D eigenvalue weighted by Gasteiger charge is -2.27. The van der Waals surface area contributed by atoms with Crippen molar-refractivity contribution in [2.24, 2.45) is 0 Å². The third kappa shape index (κ3) is 6.91. The standard InChI is InChI=1S/C26H30FN3O4/c1-5-30(25(32)34-26(2,3)4)17-18-10-6-9-13-21(18)29-23(31)14-15-24-28-16-22(33-24)19-11-7-8-12-20(19)27/h6-13,16H,5,14-15,17H2,1-4H3,(H,29,31). The lowest BCUT2D eigenvalue weighted by atomic mass is 10.1. The number of nitrogens with zero attached hydrogens (tertiary/aromatic N) is 2. The van der Waals surface area contributed by atoms with Gasteiger partial charge in [0, 0.05) is 25.1 Å². The van der Waals surface area contributed by atoms with Crippen LogP contribution in [0.5, 0.6) is 0 Å². The highest BCUT2D eigenvalue weighted by atomic mass is 19.1. The van der Waals surface area contributed by atoms with Gasteiger partial charge >= 0.3 is 6.09 Å². The van der Waals surface area contributed by atoms with Gasteiger partial charge in [0.1, 0.15) is 11.4 Å². The Bertz CT molecular complexity index is 1140. The van der Waals surface area contributed by atoms with Crippen LogP contribution in [0.2, 0.25) is 0 Å². The van der Waals surface area contributed by atoms with Crippen LogP contribution in [0.25, 0.3) is 11.3 Å². The molecule has 3 aromatic rings. The molecule has 0 saturated heterocycles. The molecule has 0 aliphatic heterocycles. The van der Waals surface area contributed by atoms with Gasteiger partial charge in [-0.05, 0) is 51.5 Å². The minimum Gasteiger partial charge on any atom is -0.444 e. The van der Waals surface area contributed by atoms with Gasteiger partial charge in [-0.2, -0.15) is 0 Å². The molecule has 7 nitrogen and oxygen atoms in total. The zero-order valence-corrected chi connectivity index (χ0v) is 19.9. The number of aromatic nitrogens is 1.